The molecule has 2 aromatic carbocycles. The summed E-state index contributed by atoms with van der Waals surface area (Å²) in [6, 6.07) is 10.1. The maximum atomic E-state index is 13.0. The molecule has 0 spiro atoms. The smallest absolute Gasteiger partial charge is 0.252 e. The Kier molecular flexibility index (Phi) is 5.35. The second-order valence-corrected chi connectivity index (χ2v) is 5.76. The zero-order chi connectivity index (χ0) is 19.4. The topological polar surface area (TPSA) is 86.5 Å². The van der Waals surface area contributed by atoms with E-state index in [-0.39, 0.29) is 17.6 Å². The molecule has 0 radical (unpaired) electrons. The Balaban J connectivity index is 1.74. The number of amides is 1. The average molecular weight is 371 g/mol. The van der Waals surface area contributed by atoms with Crippen LogP contribution in [0.4, 0.5) is 4.39 Å². The molecule has 8 heteroatoms. The Hall–Kier alpha value is -3.42. The largest absolute Gasteiger partial charge is 0.497 e. The minimum atomic E-state index is -0.531. The van der Waals surface area contributed by atoms with E-state index in [1.54, 1.807) is 37.3 Å². The Labute approximate surface area is 155 Å². The monoisotopic (exact) mass is 371 g/mol. The van der Waals surface area contributed by atoms with E-state index in [0.717, 1.165) is 0 Å². The molecule has 27 heavy (non-hydrogen) atoms. The molecule has 0 aliphatic heterocycles. The molecule has 1 N–H and O–H groups in total. The molecule has 0 aliphatic rings. The van der Waals surface area contributed by atoms with Crippen molar-refractivity contribution in [1.82, 2.24) is 15.5 Å². The number of carbonyl (C=O) groups excluding carboxylic acids is 1. The van der Waals surface area contributed by atoms with Crippen LogP contribution in [0.1, 0.15) is 29.2 Å². The van der Waals surface area contributed by atoms with Gasteiger partial charge in [-0.1, -0.05) is 5.16 Å². The van der Waals surface area contributed by atoms with Crippen LogP contribution in [0.2, 0.25) is 0 Å². The van der Waals surface area contributed by atoms with Crippen molar-refractivity contribution in [3.63, 3.8) is 0 Å². The van der Waals surface area contributed by atoms with Crippen molar-refractivity contribution < 1.29 is 23.2 Å². The third-order valence-corrected chi connectivity index (χ3v) is 3.88. The molecule has 1 unspecified atom stereocenters. The fourth-order valence-electron chi connectivity index (χ4n) is 2.41. The Bertz CT molecular complexity index is 918. The summed E-state index contributed by atoms with van der Waals surface area (Å²) in [5.74, 6) is 0.858. The van der Waals surface area contributed by atoms with Gasteiger partial charge in [0.15, 0.2) is 0 Å². The lowest BCUT2D eigenvalue weighted by Gasteiger charge is -2.12. The highest BCUT2D eigenvalue weighted by molar-refractivity contribution is 5.95. The van der Waals surface area contributed by atoms with Crippen LogP contribution in [0.25, 0.3) is 11.4 Å². The van der Waals surface area contributed by atoms with E-state index in [4.69, 9.17) is 14.0 Å². The molecular weight excluding hydrogens is 353 g/mol. The summed E-state index contributed by atoms with van der Waals surface area (Å²) in [4.78, 5) is 16.8. The number of carbonyl (C=O) groups is 1. The Morgan fingerprint density at radius 1 is 1.11 bits per heavy atom. The third-order valence-electron chi connectivity index (χ3n) is 3.88. The van der Waals surface area contributed by atoms with Crippen molar-refractivity contribution in [2.24, 2.45) is 0 Å². The summed E-state index contributed by atoms with van der Waals surface area (Å²) in [5, 5.41) is 6.65. The van der Waals surface area contributed by atoms with E-state index in [1.165, 1.54) is 26.4 Å². The van der Waals surface area contributed by atoms with Crippen molar-refractivity contribution >= 4 is 5.91 Å². The van der Waals surface area contributed by atoms with Gasteiger partial charge in [0.25, 0.3) is 5.91 Å². The molecule has 0 aliphatic carbocycles. The minimum Gasteiger partial charge on any atom is -0.497 e. The van der Waals surface area contributed by atoms with Gasteiger partial charge in [-0.25, -0.2) is 4.39 Å². The van der Waals surface area contributed by atoms with Gasteiger partial charge in [0.05, 0.1) is 14.2 Å². The second-order valence-electron chi connectivity index (χ2n) is 5.76. The highest BCUT2D eigenvalue weighted by atomic mass is 19.1. The van der Waals surface area contributed by atoms with Crippen LogP contribution in [0.5, 0.6) is 11.5 Å². The predicted molar refractivity (Wildman–Crippen MR) is 95.1 cm³/mol. The summed E-state index contributed by atoms with van der Waals surface area (Å²) in [6.45, 7) is 1.72. The van der Waals surface area contributed by atoms with Crippen LogP contribution < -0.4 is 14.8 Å². The molecule has 140 valence electrons. The lowest BCUT2D eigenvalue weighted by atomic mass is 10.1. The van der Waals surface area contributed by atoms with E-state index in [9.17, 15) is 9.18 Å². The highest BCUT2D eigenvalue weighted by Gasteiger charge is 2.19. The Morgan fingerprint density at radius 2 is 1.74 bits per heavy atom. The van der Waals surface area contributed by atoms with Gasteiger partial charge in [0.2, 0.25) is 11.7 Å². The summed E-state index contributed by atoms with van der Waals surface area (Å²) < 4.78 is 28.6. The molecule has 1 heterocycles. The van der Waals surface area contributed by atoms with Gasteiger partial charge in [-0.05, 0) is 43.3 Å². The lowest BCUT2D eigenvalue weighted by Crippen LogP contribution is -2.26. The predicted octanol–water partition coefficient (Wildman–Crippen LogP) is 3.38. The molecule has 0 saturated heterocycles. The van der Waals surface area contributed by atoms with E-state index in [2.05, 4.69) is 15.5 Å². The molecule has 3 aromatic rings. The van der Waals surface area contributed by atoms with Crippen LogP contribution in [-0.2, 0) is 0 Å². The number of ether oxygens (including phenoxy) is 2. The SMILES string of the molecule is COc1cc(OC)cc(C(=O)NC(C)c2nc(-c3ccc(F)cc3)no2)c1. The van der Waals surface area contributed by atoms with Crippen molar-refractivity contribution in [2.75, 3.05) is 14.2 Å². The summed E-state index contributed by atoms with van der Waals surface area (Å²) in [7, 11) is 3.02. The van der Waals surface area contributed by atoms with Gasteiger partial charge in [-0.15, -0.1) is 0 Å². The number of rotatable bonds is 6. The van der Waals surface area contributed by atoms with E-state index in [1.807, 2.05) is 0 Å². The fourth-order valence-corrected chi connectivity index (χ4v) is 2.41. The number of hydrogen-bond acceptors (Lipinski definition) is 6. The number of methoxy groups -OCH3 is 2. The first-order chi connectivity index (χ1) is 13.0. The van der Waals surface area contributed by atoms with Crippen molar-refractivity contribution in [2.45, 2.75) is 13.0 Å². The fraction of sp³-hybridized carbons (Fsp3) is 0.211. The van der Waals surface area contributed by atoms with Crippen LogP contribution in [0.15, 0.2) is 47.0 Å². The third kappa shape index (κ3) is 4.22. The standard InChI is InChI=1S/C19H18FN3O4/c1-11(19-22-17(23-27-19)12-4-6-14(20)7-5-12)21-18(24)13-8-15(25-2)10-16(9-13)26-3/h4-11H,1-3H3,(H,21,24). The zero-order valence-corrected chi connectivity index (χ0v) is 15.0. The van der Waals surface area contributed by atoms with Crippen molar-refractivity contribution in [3.8, 4) is 22.9 Å². The molecule has 7 nitrogen and oxygen atoms in total. The molecule has 1 atom stereocenters. The summed E-state index contributed by atoms with van der Waals surface area (Å²) >= 11 is 0. The molecule has 0 bridgehead atoms. The lowest BCUT2D eigenvalue weighted by molar-refractivity contribution is 0.0932. The van der Waals surface area contributed by atoms with Crippen LogP contribution >= 0.6 is 0 Å². The normalized spacial score (nSPS) is 11.7. The number of nitrogens with one attached hydrogen (secondary N) is 1. The highest BCUT2D eigenvalue weighted by Crippen LogP contribution is 2.23. The van der Waals surface area contributed by atoms with Crippen LogP contribution in [0.3, 0.4) is 0 Å². The maximum Gasteiger partial charge on any atom is 0.252 e. The number of halogens is 1. The number of hydrogen-bond donors (Lipinski definition) is 1. The first kappa shape index (κ1) is 18.4. The first-order valence-corrected chi connectivity index (χ1v) is 8.13. The molecule has 0 saturated carbocycles. The Morgan fingerprint density at radius 3 is 2.33 bits per heavy atom. The maximum absolute atomic E-state index is 13.0. The van der Waals surface area contributed by atoms with E-state index < -0.39 is 6.04 Å². The summed E-state index contributed by atoms with van der Waals surface area (Å²) in [5.41, 5.74) is 0.985. The van der Waals surface area contributed by atoms with Gasteiger partial charge >= 0.3 is 0 Å². The molecule has 3 rings (SSSR count). The molecular formula is C19H18FN3O4. The second kappa shape index (κ2) is 7.86. The average Bonchev–Trinajstić information content (AvgIpc) is 3.18. The van der Waals surface area contributed by atoms with Gasteiger partial charge in [0.1, 0.15) is 23.4 Å². The van der Waals surface area contributed by atoms with E-state index >= 15 is 0 Å². The number of benzene rings is 2. The van der Waals surface area contributed by atoms with Gasteiger partial charge in [-0.2, -0.15) is 4.98 Å². The quantitative estimate of drug-likeness (QED) is 0.715. The van der Waals surface area contributed by atoms with Crippen LogP contribution in [0, 0.1) is 5.82 Å². The molecule has 0 fully saturated rings. The minimum absolute atomic E-state index is 0.234. The molecule has 1 aromatic heterocycles. The number of aromatic nitrogens is 2. The van der Waals surface area contributed by atoms with Gasteiger partial charge in [-0.3, -0.25) is 4.79 Å². The molecule has 1 amide bonds. The zero-order valence-electron chi connectivity index (χ0n) is 15.0. The first-order valence-electron chi connectivity index (χ1n) is 8.13. The number of nitrogens with zero attached hydrogens (tertiary/aromatic N) is 2. The van der Waals surface area contributed by atoms with Gasteiger partial charge in [0, 0.05) is 17.2 Å². The summed E-state index contributed by atoms with van der Waals surface area (Å²) in [6.07, 6.45) is 0. The van der Waals surface area contributed by atoms with Crippen LogP contribution in [-0.4, -0.2) is 30.3 Å². The van der Waals surface area contributed by atoms with Crippen molar-refractivity contribution in [3.05, 3.63) is 59.7 Å². The van der Waals surface area contributed by atoms with Crippen molar-refractivity contribution in [1.29, 1.82) is 0 Å². The van der Waals surface area contributed by atoms with Gasteiger partial charge < -0.3 is 19.3 Å². The van der Waals surface area contributed by atoms with E-state index in [0.29, 0.717) is 28.5 Å².